The number of pyridine rings is 1. The van der Waals surface area contributed by atoms with E-state index in [4.69, 9.17) is 11.6 Å². The number of rotatable bonds is 5. The van der Waals surface area contributed by atoms with Crippen molar-refractivity contribution in [3.8, 4) is 5.69 Å². The average Bonchev–Trinajstić information content (AvgIpc) is 3.20. The second kappa shape index (κ2) is 8.97. The van der Waals surface area contributed by atoms with Crippen LogP contribution in [0, 0.1) is 0 Å². The van der Waals surface area contributed by atoms with E-state index in [1.165, 1.54) is 24.4 Å². The smallest absolute Gasteiger partial charge is 0.312 e. The number of aromatic nitrogens is 2. The Morgan fingerprint density at radius 3 is 2.33 bits per heavy atom. The number of hydrogen-bond donors (Lipinski definition) is 2. The van der Waals surface area contributed by atoms with Gasteiger partial charge in [-0.15, -0.1) is 0 Å². The number of halogens is 7. The molecule has 3 aromatic rings. The third-order valence-corrected chi connectivity index (χ3v) is 4.98. The molecule has 2 aromatic heterocycles. The summed E-state index contributed by atoms with van der Waals surface area (Å²) in [7, 11) is 0. The van der Waals surface area contributed by atoms with Crippen LogP contribution in [-0.4, -0.2) is 15.5 Å². The highest BCUT2D eigenvalue weighted by molar-refractivity contribution is 6.33. The van der Waals surface area contributed by atoms with Crippen LogP contribution < -0.4 is 10.9 Å². The Labute approximate surface area is 189 Å². The fourth-order valence-electron chi connectivity index (χ4n) is 2.99. The van der Waals surface area contributed by atoms with Gasteiger partial charge in [0.25, 0.3) is 5.91 Å². The van der Waals surface area contributed by atoms with Crippen LogP contribution in [0.25, 0.3) is 5.69 Å². The summed E-state index contributed by atoms with van der Waals surface area (Å²) in [5.41, 5.74) is 2.53. The molecular formula is C21H17ClF6N4O. The van der Waals surface area contributed by atoms with E-state index in [0.29, 0.717) is 17.8 Å². The van der Waals surface area contributed by atoms with Gasteiger partial charge in [-0.2, -0.15) is 26.3 Å². The molecule has 2 heterocycles. The average molecular weight is 491 g/mol. The van der Waals surface area contributed by atoms with Gasteiger partial charge in [-0.1, -0.05) is 31.5 Å². The summed E-state index contributed by atoms with van der Waals surface area (Å²) in [5.74, 6) is -1.27. The first-order chi connectivity index (χ1) is 15.3. The summed E-state index contributed by atoms with van der Waals surface area (Å²) in [6.45, 7) is 3.52. The fraction of sp³-hybridized carbons (Fsp3) is 0.238. The third kappa shape index (κ3) is 5.41. The summed E-state index contributed by atoms with van der Waals surface area (Å²) in [6.07, 6.45) is -7.51. The summed E-state index contributed by atoms with van der Waals surface area (Å²) in [4.78, 5) is 16.1. The van der Waals surface area contributed by atoms with Crippen LogP contribution in [0.2, 0.25) is 5.02 Å². The molecule has 0 unspecified atom stereocenters. The van der Waals surface area contributed by atoms with Crippen molar-refractivity contribution >= 4 is 23.3 Å². The number of carbonyl (C=O) groups excluding carboxylic acids is 1. The van der Waals surface area contributed by atoms with Crippen LogP contribution in [0.5, 0.6) is 0 Å². The van der Waals surface area contributed by atoms with E-state index in [9.17, 15) is 31.1 Å². The summed E-state index contributed by atoms with van der Waals surface area (Å²) >= 11 is 5.78. The number of nitrogens with zero attached hydrogens (tertiary/aromatic N) is 2. The maximum Gasteiger partial charge on any atom is 0.418 e. The molecule has 0 aliphatic rings. The van der Waals surface area contributed by atoms with E-state index >= 15 is 0 Å². The summed E-state index contributed by atoms with van der Waals surface area (Å²) in [6, 6.07) is 7.14. The maximum atomic E-state index is 13.7. The predicted octanol–water partition coefficient (Wildman–Crippen LogP) is 6.44. The molecule has 5 nitrogen and oxygen atoms in total. The number of alkyl halides is 6. The summed E-state index contributed by atoms with van der Waals surface area (Å²) < 4.78 is 80.4. The number of anilines is 1. The molecule has 2 N–H and O–H groups in total. The zero-order valence-corrected chi connectivity index (χ0v) is 17.9. The Bertz CT molecular complexity index is 1170. The Hall–Kier alpha value is -3.21. The molecule has 0 aliphatic carbocycles. The second-order valence-electron chi connectivity index (χ2n) is 7.32. The van der Waals surface area contributed by atoms with Crippen LogP contribution in [-0.2, 0) is 12.4 Å². The van der Waals surface area contributed by atoms with Crippen molar-refractivity contribution in [3.63, 3.8) is 0 Å². The van der Waals surface area contributed by atoms with Crippen molar-refractivity contribution in [2.45, 2.75) is 32.1 Å². The van der Waals surface area contributed by atoms with Gasteiger partial charge in [0.05, 0.1) is 21.8 Å². The van der Waals surface area contributed by atoms with Crippen molar-refractivity contribution in [3.05, 3.63) is 76.2 Å². The second-order valence-corrected chi connectivity index (χ2v) is 7.73. The molecular weight excluding hydrogens is 474 g/mol. The topological polar surface area (TPSA) is 59.0 Å². The van der Waals surface area contributed by atoms with Crippen LogP contribution in [0.4, 0.5) is 32.2 Å². The molecule has 0 aliphatic heterocycles. The number of amides is 1. The molecule has 176 valence electrons. The van der Waals surface area contributed by atoms with Crippen molar-refractivity contribution in [2.75, 3.05) is 5.43 Å². The van der Waals surface area contributed by atoms with Crippen molar-refractivity contribution < 1.29 is 31.1 Å². The third-order valence-electron chi connectivity index (χ3n) is 4.70. The lowest BCUT2D eigenvalue weighted by Crippen LogP contribution is -2.31. The zero-order chi connectivity index (χ0) is 24.6. The first-order valence-electron chi connectivity index (χ1n) is 9.47. The van der Waals surface area contributed by atoms with Crippen LogP contribution >= 0.6 is 11.6 Å². The van der Waals surface area contributed by atoms with Crippen LogP contribution in [0.15, 0.2) is 48.8 Å². The van der Waals surface area contributed by atoms with E-state index in [-0.39, 0.29) is 23.1 Å². The Morgan fingerprint density at radius 1 is 1.06 bits per heavy atom. The van der Waals surface area contributed by atoms with E-state index in [0.717, 1.165) is 10.6 Å². The van der Waals surface area contributed by atoms with Gasteiger partial charge in [0, 0.05) is 12.4 Å². The lowest BCUT2D eigenvalue weighted by atomic mass is 9.99. The molecule has 3 rings (SSSR count). The minimum absolute atomic E-state index is 0.141. The molecule has 0 radical (unpaired) electrons. The summed E-state index contributed by atoms with van der Waals surface area (Å²) in [5, 5.41) is -0.413. The molecule has 1 aromatic carbocycles. The first kappa shape index (κ1) is 24.4. The predicted molar refractivity (Wildman–Crippen MR) is 110 cm³/mol. The van der Waals surface area contributed by atoms with Crippen LogP contribution in [0.3, 0.4) is 0 Å². The van der Waals surface area contributed by atoms with Gasteiger partial charge in [0.1, 0.15) is 5.69 Å². The van der Waals surface area contributed by atoms with Crippen molar-refractivity contribution in [1.29, 1.82) is 0 Å². The number of nitrogens with one attached hydrogen (secondary N) is 2. The highest BCUT2D eigenvalue weighted by Gasteiger charge is 2.35. The lowest BCUT2D eigenvalue weighted by Gasteiger charge is -2.18. The SMILES string of the molecule is CC(C)c1ccc(-n2cccc2C(=O)NNc2ncc(C(F)(F)F)cc2Cl)c(C(F)(F)F)c1. The van der Waals surface area contributed by atoms with Gasteiger partial charge >= 0.3 is 12.4 Å². The van der Waals surface area contributed by atoms with Gasteiger partial charge in [-0.25, -0.2) is 4.98 Å². The standard InChI is InChI=1S/C21H17ClF6N4O/c1-11(2)12-5-6-16(14(8-12)21(26,27)28)32-7-3-4-17(32)19(33)31-30-18-15(22)9-13(10-29-18)20(23,24)25/h3-11H,1-2H3,(H,29,30)(H,31,33). The number of benzene rings is 1. The van der Waals surface area contributed by atoms with Gasteiger partial charge in [-0.3, -0.25) is 15.6 Å². The highest BCUT2D eigenvalue weighted by Crippen LogP contribution is 2.36. The lowest BCUT2D eigenvalue weighted by molar-refractivity contribution is -0.138. The van der Waals surface area contributed by atoms with E-state index in [1.54, 1.807) is 19.9 Å². The Kier molecular flexibility index (Phi) is 6.64. The monoisotopic (exact) mass is 490 g/mol. The molecule has 0 saturated carbocycles. The van der Waals surface area contributed by atoms with Gasteiger partial charge in [-0.05, 0) is 41.8 Å². The molecule has 0 saturated heterocycles. The van der Waals surface area contributed by atoms with Crippen molar-refractivity contribution in [1.82, 2.24) is 15.0 Å². The molecule has 0 fully saturated rings. The van der Waals surface area contributed by atoms with Crippen molar-refractivity contribution in [2.24, 2.45) is 0 Å². The minimum Gasteiger partial charge on any atom is -0.312 e. The first-order valence-corrected chi connectivity index (χ1v) is 9.84. The van der Waals surface area contributed by atoms with Crippen LogP contribution in [0.1, 0.15) is 46.9 Å². The molecule has 1 amide bonds. The minimum atomic E-state index is -4.67. The van der Waals surface area contributed by atoms with Gasteiger partial charge < -0.3 is 4.57 Å². The molecule has 33 heavy (non-hydrogen) atoms. The molecule has 0 bridgehead atoms. The number of carbonyl (C=O) groups is 1. The fourth-order valence-corrected chi connectivity index (χ4v) is 3.20. The normalized spacial score (nSPS) is 12.2. The quantitative estimate of drug-likeness (QED) is 0.319. The molecule has 12 heteroatoms. The Morgan fingerprint density at radius 2 is 1.76 bits per heavy atom. The zero-order valence-electron chi connectivity index (χ0n) is 17.1. The van der Waals surface area contributed by atoms with Gasteiger partial charge in [0.15, 0.2) is 5.82 Å². The van der Waals surface area contributed by atoms with E-state index in [1.807, 2.05) is 0 Å². The largest absolute Gasteiger partial charge is 0.418 e. The van der Waals surface area contributed by atoms with E-state index < -0.39 is 34.4 Å². The number of hydrazine groups is 1. The maximum absolute atomic E-state index is 13.7. The van der Waals surface area contributed by atoms with Gasteiger partial charge in [0.2, 0.25) is 0 Å². The highest BCUT2D eigenvalue weighted by atomic mass is 35.5. The molecule has 0 atom stereocenters. The number of hydrogen-bond acceptors (Lipinski definition) is 3. The molecule has 0 spiro atoms. The Balaban J connectivity index is 1.88. The van der Waals surface area contributed by atoms with E-state index in [2.05, 4.69) is 15.8 Å².